The largest absolute Gasteiger partial charge is 0.416 e. The Morgan fingerprint density at radius 2 is 2.00 bits per heavy atom. The molecule has 0 atom stereocenters. The number of benzene rings is 1. The van der Waals surface area contributed by atoms with E-state index in [1.807, 2.05) is 18.2 Å². The molecular weight excluding hydrogens is 291 g/mol. The number of alkyl halides is 3. The van der Waals surface area contributed by atoms with Gasteiger partial charge in [-0.2, -0.15) is 13.2 Å². The third-order valence-electron chi connectivity index (χ3n) is 3.77. The lowest BCUT2D eigenvalue weighted by atomic mass is 9.97. The van der Waals surface area contributed by atoms with Crippen LogP contribution in [0.5, 0.6) is 0 Å². The second kappa shape index (κ2) is 4.43. The van der Waals surface area contributed by atoms with E-state index < -0.39 is 11.7 Å². The van der Waals surface area contributed by atoms with Crippen LogP contribution in [0.25, 0.3) is 16.9 Å². The maximum absolute atomic E-state index is 13.1. The molecule has 0 amide bonds. The molecule has 2 aromatic heterocycles. The second-order valence-electron chi connectivity index (χ2n) is 5.14. The molecule has 1 aromatic carbocycles. The van der Waals surface area contributed by atoms with Crippen LogP contribution in [0.1, 0.15) is 16.7 Å². The molecule has 0 bridgehead atoms. The van der Waals surface area contributed by atoms with Gasteiger partial charge in [0.1, 0.15) is 5.65 Å². The minimum Gasteiger partial charge on any atom is -0.300 e. The second-order valence-corrected chi connectivity index (χ2v) is 5.14. The van der Waals surface area contributed by atoms with E-state index in [4.69, 9.17) is 0 Å². The average Bonchev–Trinajstić information content (AvgIpc) is 3.12. The summed E-state index contributed by atoms with van der Waals surface area (Å²) in [6.45, 7) is 0.281. The summed E-state index contributed by atoms with van der Waals surface area (Å²) in [4.78, 5) is 8.35. The number of imidazole rings is 1. The fraction of sp³-hybridized carbons (Fsp3) is 0.125. The molecule has 1 aliphatic rings. The Balaban J connectivity index is 2.02. The van der Waals surface area contributed by atoms with E-state index in [1.54, 1.807) is 23.0 Å². The number of hydrogen-bond acceptors (Lipinski definition) is 2. The van der Waals surface area contributed by atoms with Gasteiger partial charge in [0.25, 0.3) is 0 Å². The number of hydrogen-bond donors (Lipinski definition) is 0. The Morgan fingerprint density at radius 1 is 1.14 bits per heavy atom. The molecule has 22 heavy (non-hydrogen) atoms. The zero-order chi connectivity index (χ0) is 15.3. The zero-order valence-electron chi connectivity index (χ0n) is 11.3. The van der Waals surface area contributed by atoms with Gasteiger partial charge in [0.05, 0.1) is 24.0 Å². The third-order valence-corrected chi connectivity index (χ3v) is 3.77. The lowest BCUT2D eigenvalue weighted by Crippen LogP contribution is -2.07. The molecule has 3 heterocycles. The lowest BCUT2D eigenvalue weighted by molar-refractivity contribution is -0.137. The molecule has 0 unspecified atom stereocenters. The van der Waals surface area contributed by atoms with Crippen LogP contribution in [-0.4, -0.2) is 15.6 Å². The van der Waals surface area contributed by atoms with Gasteiger partial charge in [-0.15, -0.1) is 0 Å². The number of aliphatic imine (C=N–C) groups is 1. The van der Waals surface area contributed by atoms with Gasteiger partial charge in [0.2, 0.25) is 0 Å². The quantitative estimate of drug-likeness (QED) is 0.669. The predicted octanol–water partition coefficient (Wildman–Crippen LogP) is 3.95. The maximum atomic E-state index is 13.1. The van der Waals surface area contributed by atoms with E-state index in [-0.39, 0.29) is 6.54 Å². The van der Waals surface area contributed by atoms with Crippen LogP contribution in [-0.2, 0) is 12.7 Å². The molecule has 0 aliphatic carbocycles. The van der Waals surface area contributed by atoms with Gasteiger partial charge in [-0.05, 0) is 29.8 Å². The molecule has 6 heteroatoms. The Bertz CT molecular complexity index is 907. The highest BCUT2D eigenvalue weighted by Crippen LogP contribution is 2.37. The first-order valence-corrected chi connectivity index (χ1v) is 6.70. The molecule has 0 saturated carbocycles. The van der Waals surface area contributed by atoms with E-state index >= 15 is 0 Å². The van der Waals surface area contributed by atoms with Gasteiger partial charge in [0.15, 0.2) is 0 Å². The van der Waals surface area contributed by atoms with Gasteiger partial charge >= 0.3 is 6.18 Å². The number of halogens is 3. The Morgan fingerprint density at radius 3 is 2.82 bits per heavy atom. The first-order valence-electron chi connectivity index (χ1n) is 6.70. The molecule has 0 spiro atoms. The van der Waals surface area contributed by atoms with Crippen molar-refractivity contribution in [3.63, 3.8) is 0 Å². The summed E-state index contributed by atoms with van der Waals surface area (Å²) < 4.78 is 41.2. The highest BCUT2D eigenvalue weighted by atomic mass is 19.4. The number of aromatic nitrogens is 2. The normalized spacial score (nSPS) is 13.8. The van der Waals surface area contributed by atoms with Gasteiger partial charge in [-0.25, -0.2) is 4.98 Å². The summed E-state index contributed by atoms with van der Waals surface area (Å²) in [5.74, 6) is 0. The summed E-state index contributed by atoms with van der Waals surface area (Å²) >= 11 is 0. The predicted molar refractivity (Wildman–Crippen MR) is 76.9 cm³/mol. The van der Waals surface area contributed by atoms with Crippen molar-refractivity contribution in [1.82, 2.24) is 9.38 Å². The number of fused-ring (bicyclic) bond motifs is 2. The standard InChI is InChI=1S/C16H10F3N3/c17-16(18,19)11-5-10-7-20-8-13(10)12(6-11)14-9-21-15-3-1-2-4-22(14)15/h1-6,8-9H,7H2. The molecule has 110 valence electrons. The van der Waals surface area contributed by atoms with Gasteiger partial charge in [0, 0.05) is 23.5 Å². The summed E-state index contributed by atoms with van der Waals surface area (Å²) in [6.07, 6.45) is 0.633. The molecule has 0 fully saturated rings. The summed E-state index contributed by atoms with van der Waals surface area (Å²) in [5, 5.41) is 0. The van der Waals surface area contributed by atoms with Crippen LogP contribution >= 0.6 is 0 Å². The van der Waals surface area contributed by atoms with Crippen molar-refractivity contribution in [3.05, 3.63) is 59.4 Å². The van der Waals surface area contributed by atoms with Crippen LogP contribution < -0.4 is 0 Å². The van der Waals surface area contributed by atoms with Crippen LogP contribution in [0.2, 0.25) is 0 Å². The highest BCUT2D eigenvalue weighted by molar-refractivity contribution is 5.94. The minimum atomic E-state index is -4.38. The van der Waals surface area contributed by atoms with Crippen molar-refractivity contribution < 1.29 is 13.2 Å². The van der Waals surface area contributed by atoms with Crippen molar-refractivity contribution >= 4 is 11.9 Å². The van der Waals surface area contributed by atoms with Crippen LogP contribution in [0.3, 0.4) is 0 Å². The smallest absolute Gasteiger partial charge is 0.300 e. The van der Waals surface area contributed by atoms with E-state index in [2.05, 4.69) is 9.98 Å². The summed E-state index contributed by atoms with van der Waals surface area (Å²) in [5.41, 5.74) is 2.50. The maximum Gasteiger partial charge on any atom is 0.416 e. The van der Waals surface area contributed by atoms with E-state index in [0.717, 1.165) is 5.56 Å². The Labute approximate surface area is 123 Å². The first kappa shape index (κ1) is 13.1. The fourth-order valence-electron chi connectivity index (χ4n) is 2.74. The summed E-state index contributed by atoms with van der Waals surface area (Å²) in [7, 11) is 0. The highest BCUT2D eigenvalue weighted by Gasteiger charge is 2.33. The van der Waals surface area contributed by atoms with Gasteiger partial charge in [-0.1, -0.05) is 6.07 Å². The van der Waals surface area contributed by atoms with Gasteiger partial charge < -0.3 is 0 Å². The molecule has 3 aromatic rings. The van der Waals surface area contributed by atoms with Crippen molar-refractivity contribution in [2.24, 2.45) is 4.99 Å². The van der Waals surface area contributed by atoms with Crippen LogP contribution in [0, 0.1) is 0 Å². The zero-order valence-corrected chi connectivity index (χ0v) is 11.3. The van der Waals surface area contributed by atoms with Crippen molar-refractivity contribution in [3.8, 4) is 11.3 Å². The molecule has 0 saturated heterocycles. The summed E-state index contributed by atoms with van der Waals surface area (Å²) in [6, 6.07) is 7.82. The van der Waals surface area contributed by atoms with Crippen molar-refractivity contribution in [1.29, 1.82) is 0 Å². The molecule has 0 radical (unpaired) electrons. The van der Waals surface area contributed by atoms with Crippen molar-refractivity contribution in [2.45, 2.75) is 12.7 Å². The Kier molecular flexibility index (Phi) is 2.63. The molecule has 4 rings (SSSR count). The Hall–Kier alpha value is -2.63. The molecular formula is C16H10F3N3. The number of rotatable bonds is 1. The van der Waals surface area contributed by atoms with E-state index in [9.17, 15) is 13.2 Å². The van der Waals surface area contributed by atoms with Crippen LogP contribution in [0.4, 0.5) is 13.2 Å². The monoisotopic (exact) mass is 301 g/mol. The van der Waals surface area contributed by atoms with E-state index in [0.29, 0.717) is 22.5 Å². The fourth-order valence-corrected chi connectivity index (χ4v) is 2.74. The first-order chi connectivity index (χ1) is 10.5. The third kappa shape index (κ3) is 1.91. The SMILES string of the molecule is FC(F)(F)c1cc2c(c(-c3cnc4ccccn34)c1)C=NC2. The molecule has 0 N–H and O–H groups in total. The van der Waals surface area contributed by atoms with Crippen molar-refractivity contribution in [2.75, 3.05) is 0 Å². The van der Waals surface area contributed by atoms with Crippen LogP contribution in [0.15, 0.2) is 47.7 Å². The molecule has 3 nitrogen and oxygen atoms in total. The van der Waals surface area contributed by atoms with E-state index in [1.165, 1.54) is 12.1 Å². The average molecular weight is 301 g/mol. The molecule has 1 aliphatic heterocycles. The minimum absolute atomic E-state index is 0.281. The number of pyridine rings is 1. The topological polar surface area (TPSA) is 29.7 Å². The number of nitrogens with zero attached hydrogens (tertiary/aromatic N) is 3. The van der Waals surface area contributed by atoms with Gasteiger partial charge in [-0.3, -0.25) is 9.39 Å². The lowest BCUT2D eigenvalue weighted by Gasteiger charge is -2.13.